The predicted molar refractivity (Wildman–Crippen MR) is 64.0 cm³/mol. The average Bonchev–Trinajstić information content (AvgIpc) is 2.16. The molecule has 1 heteroatoms. The number of hydrogen-bond acceptors (Lipinski definition) is 1. The fourth-order valence-electron chi connectivity index (χ4n) is 1.63. The van der Waals surface area contributed by atoms with E-state index in [-0.39, 0.29) is 5.78 Å². The summed E-state index contributed by atoms with van der Waals surface area (Å²) in [7, 11) is 0. The van der Waals surface area contributed by atoms with Crippen molar-refractivity contribution in [2.75, 3.05) is 0 Å². The number of carbonyl (C=O) groups excluding carboxylic acids is 1. The van der Waals surface area contributed by atoms with Gasteiger partial charge < -0.3 is 4.79 Å². The lowest BCUT2D eigenvalue weighted by molar-refractivity contribution is -0.116. The van der Waals surface area contributed by atoms with Crippen molar-refractivity contribution in [3.05, 3.63) is 35.4 Å². The van der Waals surface area contributed by atoms with Crippen LogP contribution in [0, 0.1) is 5.92 Å². The molecule has 0 N–H and O–H groups in total. The Labute approximate surface area is 92.5 Å². The summed E-state index contributed by atoms with van der Waals surface area (Å²) in [4.78, 5) is 10.8. The van der Waals surface area contributed by atoms with E-state index < -0.39 is 0 Å². The predicted octanol–water partition coefficient (Wildman–Crippen LogP) is 3.41. The molecule has 0 radical (unpaired) electrons. The zero-order chi connectivity index (χ0) is 11.3. The van der Waals surface area contributed by atoms with E-state index in [1.165, 1.54) is 11.1 Å². The summed E-state index contributed by atoms with van der Waals surface area (Å²) in [6.45, 7) is 6.10. The summed E-state index contributed by atoms with van der Waals surface area (Å²) < 4.78 is 0. The van der Waals surface area contributed by atoms with Gasteiger partial charge in [-0.3, -0.25) is 0 Å². The lowest BCUT2D eigenvalue weighted by atomic mass is 10.0. The van der Waals surface area contributed by atoms with Crippen LogP contribution in [0.4, 0.5) is 0 Å². The molecule has 0 heterocycles. The van der Waals surface area contributed by atoms with Gasteiger partial charge in [-0.2, -0.15) is 0 Å². The molecule has 1 aromatic rings. The normalized spacial score (nSPS) is 10.7. The molecule has 0 aromatic heterocycles. The van der Waals surface area contributed by atoms with Gasteiger partial charge in [-0.25, -0.2) is 0 Å². The highest BCUT2D eigenvalue weighted by Gasteiger charge is 1.99. The van der Waals surface area contributed by atoms with E-state index in [2.05, 4.69) is 38.1 Å². The van der Waals surface area contributed by atoms with Crippen LogP contribution in [-0.4, -0.2) is 5.78 Å². The molecule has 0 aliphatic heterocycles. The first kappa shape index (κ1) is 12.0. The van der Waals surface area contributed by atoms with Crippen molar-refractivity contribution in [2.45, 2.75) is 40.0 Å². The van der Waals surface area contributed by atoms with Gasteiger partial charge in [-0.1, -0.05) is 38.1 Å². The minimum Gasteiger partial charge on any atom is -0.300 e. The molecule has 1 rings (SSSR count). The summed E-state index contributed by atoms with van der Waals surface area (Å²) in [5.74, 6) is 0.967. The molecular formula is C14H20O. The fourth-order valence-corrected chi connectivity index (χ4v) is 1.63. The van der Waals surface area contributed by atoms with Gasteiger partial charge in [0, 0.05) is 6.42 Å². The van der Waals surface area contributed by atoms with Crippen LogP contribution in [0.1, 0.15) is 38.3 Å². The minimum absolute atomic E-state index is 0.265. The van der Waals surface area contributed by atoms with Crippen molar-refractivity contribution >= 4 is 5.78 Å². The maximum absolute atomic E-state index is 10.8. The number of carbonyl (C=O) groups is 1. The Bertz CT molecular complexity index is 309. The van der Waals surface area contributed by atoms with Gasteiger partial charge in [-0.05, 0) is 36.8 Å². The van der Waals surface area contributed by atoms with Crippen molar-refractivity contribution in [3.8, 4) is 0 Å². The van der Waals surface area contributed by atoms with Gasteiger partial charge >= 0.3 is 0 Å². The Balaban J connectivity index is 2.52. The Kier molecular flexibility index (Phi) is 4.54. The molecule has 15 heavy (non-hydrogen) atoms. The standard InChI is InChI=1S/C14H20O/c1-11(2)10-14-8-6-13(7-9-14)5-4-12(3)15/h6-9,11H,4-5,10H2,1-3H3. The van der Waals surface area contributed by atoms with E-state index >= 15 is 0 Å². The Hall–Kier alpha value is -1.11. The Morgan fingerprint density at radius 2 is 1.67 bits per heavy atom. The number of ketones is 1. The number of benzene rings is 1. The lowest BCUT2D eigenvalue weighted by Gasteiger charge is -2.05. The van der Waals surface area contributed by atoms with Gasteiger partial charge in [0.1, 0.15) is 5.78 Å². The number of hydrogen-bond donors (Lipinski definition) is 0. The molecule has 82 valence electrons. The van der Waals surface area contributed by atoms with Gasteiger partial charge in [0.25, 0.3) is 0 Å². The van der Waals surface area contributed by atoms with E-state index in [4.69, 9.17) is 0 Å². The summed E-state index contributed by atoms with van der Waals surface area (Å²) in [5.41, 5.74) is 2.65. The SMILES string of the molecule is CC(=O)CCc1ccc(CC(C)C)cc1. The molecule has 0 unspecified atom stereocenters. The molecular weight excluding hydrogens is 184 g/mol. The highest BCUT2D eigenvalue weighted by molar-refractivity contribution is 5.75. The maximum Gasteiger partial charge on any atom is 0.130 e. The number of Topliss-reactive ketones (excluding diaryl/α,β-unsaturated/α-hetero) is 1. The molecule has 0 aliphatic carbocycles. The second-order valence-corrected chi connectivity index (χ2v) is 4.62. The van der Waals surface area contributed by atoms with Crippen LogP contribution in [0.15, 0.2) is 24.3 Å². The van der Waals surface area contributed by atoms with Gasteiger partial charge in [-0.15, -0.1) is 0 Å². The Morgan fingerprint density at radius 1 is 1.13 bits per heavy atom. The second-order valence-electron chi connectivity index (χ2n) is 4.62. The molecule has 1 nitrogen and oxygen atoms in total. The van der Waals surface area contributed by atoms with Crippen molar-refractivity contribution < 1.29 is 4.79 Å². The smallest absolute Gasteiger partial charge is 0.130 e. The third kappa shape index (κ3) is 4.78. The van der Waals surface area contributed by atoms with Crippen LogP contribution in [0.2, 0.25) is 0 Å². The first-order valence-corrected chi connectivity index (χ1v) is 5.65. The third-order valence-electron chi connectivity index (χ3n) is 2.43. The molecule has 0 atom stereocenters. The van der Waals surface area contributed by atoms with E-state index in [9.17, 15) is 4.79 Å². The molecule has 0 amide bonds. The first-order valence-electron chi connectivity index (χ1n) is 5.65. The monoisotopic (exact) mass is 204 g/mol. The summed E-state index contributed by atoms with van der Waals surface area (Å²) >= 11 is 0. The van der Waals surface area contributed by atoms with Crippen molar-refractivity contribution in [1.29, 1.82) is 0 Å². The van der Waals surface area contributed by atoms with Crippen molar-refractivity contribution in [2.24, 2.45) is 5.92 Å². The summed E-state index contributed by atoms with van der Waals surface area (Å²) in [6.07, 6.45) is 2.66. The van der Waals surface area contributed by atoms with Gasteiger partial charge in [0.15, 0.2) is 0 Å². The van der Waals surface area contributed by atoms with Crippen LogP contribution < -0.4 is 0 Å². The first-order chi connectivity index (χ1) is 7.08. The highest BCUT2D eigenvalue weighted by Crippen LogP contribution is 2.11. The topological polar surface area (TPSA) is 17.1 Å². The van der Waals surface area contributed by atoms with Crippen LogP contribution in [0.25, 0.3) is 0 Å². The largest absolute Gasteiger partial charge is 0.300 e. The summed E-state index contributed by atoms with van der Waals surface area (Å²) in [5, 5.41) is 0. The van der Waals surface area contributed by atoms with Gasteiger partial charge in [0.2, 0.25) is 0 Å². The average molecular weight is 204 g/mol. The molecule has 0 spiro atoms. The molecule has 0 aliphatic rings. The Morgan fingerprint density at radius 3 is 2.13 bits per heavy atom. The zero-order valence-electron chi connectivity index (χ0n) is 9.92. The lowest BCUT2D eigenvalue weighted by Crippen LogP contribution is -1.96. The zero-order valence-corrected chi connectivity index (χ0v) is 9.92. The van der Waals surface area contributed by atoms with E-state index in [0.717, 1.165) is 12.8 Å². The summed E-state index contributed by atoms with van der Waals surface area (Å²) in [6, 6.07) is 8.63. The van der Waals surface area contributed by atoms with Crippen LogP contribution in [0.5, 0.6) is 0 Å². The van der Waals surface area contributed by atoms with Crippen LogP contribution in [0.3, 0.4) is 0 Å². The van der Waals surface area contributed by atoms with Gasteiger partial charge in [0.05, 0.1) is 0 Å². The quantitative estimate of drug-likeness (QED) is 0.718. The van der Waals surface area contributed by atoms with Crippen LogP contribution >= 0.6 is 0 Å². The maximum atomic E-state index is 10.8. The fraction of sp³-hybridized carbons (Fsp3) is 0.500. The highest BCUT2D eigenvalue weighted by atomic mass is 16.1. The van der Waals surface area contributed by atoms with Crippen molar-refractivity contribution in [3.63, 3.8) is 0 Å². The third-order valence-corrected chi connectivity index (χ3v) is 2.43. The minimum atomic E-state index is 0.265. The number of rotatable bonds is 5. The van der Waals surface area contributed by atoms with E-state index in [1.807, 2.05) is 0 Å². The molecule has 1 aromatic carbocycles. The molecule has 0 bridgehead atoms. The molecule has 0 saturated carbocycles. The van der Waals surface area contributed by atoms with E-state index in [0.29, 0.717) is 12.3 Å². The van der Waals surface area contributed by atoms with Crippen molar-refractivity contribution in [1.82, 2.24) is 0 Å². The van der Waals surface area contributed by atoms with E-state index in [1.54, 1.807) is 6.92 Å². The number of aryl methyl sites for hydroxylation is 1. The molecule has 0 saturated heterocycles. The van der Waals surface area contributed by atoms with Crippen LogP contribution in [-0.2, 0) is 17.6 Å². The second kappa shape index (κ2) is 5.69. The molecule has 0 fully saturated rings.